The molecule has 6 heteroatoms. The lowest BCUT2D eigenvalue weighted by molar-refractivity contribution is -0.141. The average molecular weight is 284 g/mol. The van der Waals surface area contributed by atoms with Crippen molar-refractivity contribution >= 4 is 11.9 Å². The fourth-order valence-electron chi connectivity index (χ4n) is 3.27. The number of carbonyl (C=O) groups excluding carboxylic acids is 1. The lowest BCUT2D eigenvalue weighted by Gasteiger charge is -2.36. The Hall–Kier alpha value is -1.14. The first-order valence-electron chi connectivity index (χ1n) is 7.44. The van der Waals surface area contributed by atoms with Crippen LogP contribution >= 0.6 is 0 Å². The second-order valence-electron chi connectivity index (χ2n) is 5.94. The lowest BCUT2D eigenvalue weighted by atomic mass is 9.69. The minimum absolute atomic E-state index is 0.0601. The molecule has 0 bridgehead atoms. The Labute approximate surface area is 119 Å². The first-order valence-corrected chi connectivity index (χ1v) is 7.44. The molecule has 0 radical (unpaired) electrons. The zero-order chi connectivity index (χ0) is 14.4. The summed E-state index contributed by atoms with van der Waals surface area (Å²) in [6.07, 6.45) is 5.30. The third-order valence-electron chi connectivity index (χ3n) is 4.27. The van der Waals surface area contributed by atoms with E-state index >= 15 is 0 Å². The molecule has 0 spiro atoms. The molecule has 0 aromatic carbocycles. The molecule has 0 atom stereocenters. The van der Waals surface area contributed by atoms with Crippen LogP contribution in [0.5, 0.6) is 0 Å². The first kappa shape index (κ1) is 15.3. The molecular formula is C14H24N2O4. The van der Waals surface area contributed by atoms with E-state index in [0.717, 1.165) is 32.1 Å². The number of hydrogen-bond donors (Lipinski definition) is 2. The highest BCUT2D eigenvalue weighted by Crippen LogP contribution is 2.42. The van der Waals surface area contributed by atoms with Gasteiger partial charge in [-0.2, -0.15) is 0 Å². The molecule has 0 unspecified atom stereocenters. The van der Waals surface area contributed by atoms with Gasteiger partial charge in [0.1, 0.15) is 0 Å². The van der Waals surface area contributed by atoms with Crippen molar-refractivity contribution in [3.05, 3.63) is 0 Å². The summed E-state index contributed by atoms with van der Waals surface area (Å²) in [5, 5.41) is 11.0. The molecule has 2 N–H and O–H groups in total. The highest BCUT2D eigenvalue weighted by atomic mass is 16.5. The number of ether oxygens (including phenoxy) is 1. The molecule has 1 aliphatic heterocycles. The van der Waals surface area contributed by atoms with E-state index in [1.807, 2.05) is 5.01 Å². The Morgan fingerprint density at radius 1 is 1.10 bits per heavy atom. The number of amides is 1. The van der Waals surface area contributed by atoms with E-state index in [1.54, 1.807) is 0 Å². The van der Waals surface area contributed by atoms with Gasteiger partial charge in [0, 0.05) is 19.5 Å². The van der Waals surface area contributed by atoms with Crippen LogP contribution in [0.2, 0.25) is 0 Å². The van der Waals surface area contributed by atoms with Crippen molar-refractivity contribution in [2.75, 3.05) is 26.3 Å². The van der Waals surface area contributed by atoms with Crippen LogP contribution in [-0.2, 0) is 14.3 Å². The molecule has 1 heterocycles. The number of rotatable bonds is 5. The molecule has 6 nitrogen and oxygen atoms in total. The highest BCUT2D eigenvalue weighted by molar-refractivity contribution is 5.77. The fraction of sp³-hybridized carbons (Fsp3) is 0.857. The predicted molar refractivity (Wildman–Crippen MR) is 72.9 cm³/mol. The van der Waals surface area contributed by atoms with Gasteiger partial charge in [-0.05, 0) is 18.3 Å². The van der Waals surface area contributed by atoms with E-state index in [-0.39, 0.29) is 17.7 Å². The summed E-state index contributed by atoms with van der Waals surface area (Å²) >= 11 is 0. The van der Waals surface area contributed by atoms with E-state index in [9.17, 15) is 9.59 Å². The van der Waals surface area contributed by atoms with Crippen LogP contribution in [-0.4, -0.2) is 48.3 Å². The summed E-state index contributed by atoms with van der Waals surface area (Å²) in [5.41, 5.74) is 2.54. The second kappa shape index (κ2) is 7.04. The van der Waals surface area contributed by atoms with Crippen LogP contribution in [0.1, 0.15) is 44.9 Å². The van der Waals surface area contributed by atoms with Crippen molar-refractivity contribution in [1.82, 2.24) is 10.4 Å². The molecule has 2 fully saturated rings. The summed E-state index contributed by atoms with van der Waals surface area (Å²) in [4.78, 5) is 23.3. The van der Waals surface area contributed by atoms with Crippen molar-refractivity contribution < 1.29 is 19.4 Å². The zero-order valence-electron chi connectivity index (χ0n) is 11.9. The van der Waals surface area contributed by atoms with Gasteiger partial charge in [-0.15, -0.1) is 0 Å². The largest absolute Gasteiger partial charge is 0.481 e. The van der Waals surface area contributed by atoms with E-state index in [4.69, 9.17) is 9.84 Å². The topological polar surface area (TPSA) is 78.9 Å². The van der Waals surface area contributed by atoms with Crippen molar-refractivity contribution in [1.29, 1.82) is 0 Å². The summed E-state index contributed by atoms with van der Waals surface area (Å²) in [6.45, 7) is 2.64. The molecular weight excluding hydrogens is 260 g/mol. The van der Waals surface area contributed by atoms with Crippen LogP contribution in [0.3, 0.4) is 0 Å². The maximum Gasteiger partial charge on any atom is 0.303 e. The third-order valence-corrected chi connectivity index (χ3v) is 4.27. The van der Waals surface area contributed by atoms with Crippen LogP contribution in [0.4, 0.5) is 0 Å². The highest BCUT2D eigenvalue weighted by Gasteiger charge is 2.36. The quantitative estimate of drug-likeness (QED) is 0.792. The summed E-state index contributed by atoms with van der Waals surface area (Å²) in [7, 11) is 0. The number of carbonyl (C=O) groups is 2. The van der Waals surface area contributed by atoms with Crippen molar-refractivity contribution in [2.24, 2.45) is 5.41 Å². The van der Waals surface area contributed by atoms with E-state index in [2.05, 4.69) is 5.43 Å². The third kappa shape index (κ3) is 4.45. The van der Waals surface area contributed by atoms with E-state index in [0.29, 0.717) is 32.7 Å². The molecule has 0 aromatic heterocycles. The van der Waals surface area contributed by atoms with Gasteiger partial charge in [0.05, 0.1) is 19.6 Å². The Kier molecular flexibility index (Phi) is 5.37. The fourth-order valence-corrected chi connectivity index (χ4v) is 3.27. The van der Waals surface area contributed by atoms with Gasteiger partial charge < -0.3 is 9.84 Å². The van der Waals surface area contributed by atoms with Crippen LogP contribution in [0.15, 0.2) is 0 Å². The maximum absolute atomic E-state index is 12.2. The maximum atomic E-state index is 12.2. The van der Waals surface area contributed by atoms with Crippen LogP contribution < -0.4 is 5.43 Å². The smallest absolute Gasteiger partial charge is 0.303 e. The number of carboxylic acids is 1. The molecule has 2 aliphatic rings. The van der Waals surface area contributed by atoms with E-state index < -0.39 is 5.97 Å². The van der Waals surface area contributed by atoms with Gasteiger partial charge >= 0.3 is 5.97 Å². The van der Waals surface area contributed by atoms with Gasteiger partial charge in [-0.25, -0.2) is 5.01 Å². The number of nitrogens with one attached hydrogen (secondary N) is 1. The lowest BCUT2D eigenvalue weighted by Crippen LogP contribution is -2.49. The molecule has 0 aromatic rings. The minimum Gasteiger partial charge on any atom is -0.481 e. The van der Waals surface area contributed by atoms with Gasteiger partial charge in [0.15, 0.2) is 0 Å². The zero-order valence-corrected chi connectivity index (χ0v) is 11.9. The Morgan fingerprint density at radius 2 is 1.75 bits per heavy atom. The van der Waals surface area contributed by atoms with Gasteiger partial charge in [0.2, 0.25) is 5.91 Å². The summed E-state index contributed by atoms with van der Waals surface area (Å²) < 4.78 is 5.23. The number of nitrogens with zero attached hydrogens (tertiary/aromatic N) is 1. The normalized spacial score (nSPS) is 23.2. The monoisotopic (exact) mass is 284 g/mol. The Balaban J connectivity index is 1.89. The summed E-state index contributed by atoms with van der Waals surface area (Å²) in [5.74, 6) is -0.860. The number of aliphatic carboxylic acids is 1. The van der Waals surface area contributed by atoms with Crippen LogP contribution in [0.25, 0.3) is 0 Å². The number of hydrazine groups is 1. The molecule has 1 saturated carbocycles. The van der Waals surface area contributed by atoms with Crippen molar-refractivity contribution in [3.63, 3.8) is 0 Å². The van der Waals surface area contributed by atoms with Crippen molar-refractivity contribution in [2.45, 2.75) is 44.9 Å². The standard InChI is InChI=1S/C14H24N2O4/c17-12(15-16-6-8-20-9-7-16)10-14(11-13(18)19)4-2-1-3-5-14/h1-11H2,(H,15,17)(H,18,19). The SMILES string of the molecule is O=C(O)CC1(CC(=O)NN2CCOCC2)CCCCC1. The molecule has 1 saturated heterocycles. The number of carboxylic acid groups (broad SMARTS) is 1. The van der Waals surface area contributed by atoms with Crippen molar-refractivity contribution in [3.8, 4) is 0 Å². The molecule has 20 heavy (non-hydrogen) atoms. The number of hydrogen-bond acceptors (Lipinski definition) is 4. The minimum atomic E-state index is -0.800. The second-order valence-corrected chi connectivity index (χ2v) is 5.94. The Bertz CT molecular complexity index is 347. The average Bonchev–Trinajstić information content (AvgIpc) is 2.39. The predicted octanol–water partition coefficient (Wildman–Crippen LogP) is 1.17. The molecule has 2 rings (SSSR count). The molecule has 114 valence electrons. The summed E-state index contributed by atoms with van der Waals surface area (Å²) in [6, 6.07) is 0. The van der Waals surface area contributed by atoms with Crippen LogP contribution in [0, 0.1) is 5.41 Å². The number of morpholine rings is 1. The molecule has 1 amide bonds. The van der Waals surface area contributed by atoms with E-state index in [1.165, 1.54) is 0 Å². The van der Waals surface area contributed by atoms with Gasteiger partial charge in [-0.3, -0.25) is 15.0 Å². The van der Waals surface area contributed by atoms with Gasteiger partial charge in [0.25, 0.3) is 0 Å². The van der Waals surface area contributed by atoms with Gasteiger partial charge in [-0.1, -0.05) is 19.3 Å². The molecule has 1 aliphatic carbocycles. The first-order chi connectivity index (χ1) is 9.60. The Morgan fingerprint density at radius 3 is 2.35 bits per heavy atom.